The van der Waals surface area contributed by atoms with Crippen LogP contribution in [0.1, 0.15) is 5.56 Å². The Kier molecular flexibility index (Phi) is 4.93. The van der Waals surface area contributed by atoms with Crippen molar-refractivity contribution in [2.24, 2.45) is 0 Å². The van der Waals surface area contributed by atoms with Crippen LogP contribution in [0.3, 0.4) is 0 Å². The molecule has 0 saturated carbocycles. The fraction of sp³-hybridized carbons (Fsp3) is 0.143. The van der Waals surface area contributed by atoms with Crippen molar-refractivity contribution in [2.75, 3.05) is 11.0 Å². The molecule has 0 heterocycles. The van der Waals surface area contributed by atoms with E-state index in [0.29, 0.717) is 11.6 Å². The first-order valence-electron chi connectivity index (χ1n) is 6.62. The van der Waals surface area contributed by atoms with Crippen molar-refractivity contribution in [3.05, 3.63) is 48.0 Å². The van der Waals surface area contributed by atoms with Gasteiger partial charge in [-0.05, 0) is 34.8 Å². The summed E-state index contributed by atoms with van der Waals surface area (Å²) in [6.07, 6.45) is -3.67. The summed E-state index contributed by atoms with van der Waals surface area (Å²) in [5, 5.41) is 18.3. The second kappa shape index (κ2) is 6.46. The fourth-order valence-corrected chi connectivity index (χ4v) is 2.64. The largest absolute Gasteiger partial charge is 0.488 e. The molecule has 3 N–H and O–H groups in total. The highest BCUT2D eigenvalue weighted by Gasteiger charge is 2.32. The molecule has 0 fully saturated rings. The standard InChI is InChI=1S/C14H13BF3NO4S/c1-24(22,23)19-13-4-2-9(3-5-13)10-6-11(14(16,17)18)8-12(7-10)15(20)21/h2-8,19-21H,1H3. The normalized spacial score (nSPS) is 12.1. The molecule has 24 heavy (non-hydrogen) atoms. The van der Waals surface area contributed by atoms with Crippen molar-refractivity contribution >= 4 is 28.3 Å². The third-order valence-electron chi connectivity index (χ3n) is 3.10. The molecule has 0 aliphatic carbocycles. The van der Waals surface area contributed by atoms with Crippen molar-refractivity contribution in [3.8, 4) is 11.1 Å². The Morgan fingerprint density at radius 1 is 1.00 bits per heavy atom. The molecule has 0 spiro atoms. The quantitative estimate of drug-likeness (QED) is 0.721. The Morgan fingerprint density at radius 2 is 1.58 bits per heavy atom. The topological polar surface area (TPSA) is 86.6 Å². The number of benzene rings is 2. The molecule has 0 radical (unpaired) electrons. The lowest BCUT2D eigenvalue weighted by molar-refractivity contribution is -0.137. The smallest absolute Gasteiger partial charge is 0.423 e. The van der Waals surface area contributed by atoms with Crippen molar-refractivity contribution < 1.29 is 31.6 Å². The van der Waals surface area contributed by atoms with Crippen LogP contribution in [-0.4, -0.2) is 31.8 Å². The number of halogens is 3. The van der Waals surface area contributed by atoms with Crippen LogP contribution in [0.15, 0.2) is 42.5 Å². The zero-order valence-corrected chi connectivity index (χ0v) is 13.2. The van der Waals surface area contributed by atoms with E-state index in [-0.39, 0.29) is 16.7 Å². The van der Waals surface area contributed by atoms with E-state index in [0.717, 1.165) is 12.3 Å². The molecule has 0 aromatic heterocycles. The van der Waals surface area contributed by atoms with E-state index >= 15 is 0 Å². The summed E-state index contributed by atoms with van der Waals surface area (Å²) in [4.78, 5) is 0. The van der Waals surface area contributed by atoms with Crippen LogP contribution < -0.4 is 10.2 Å². The van der Waals surface area contributed by atoms with E-state index in [1.807, 2.05) is 0 Å². The summed E-state index contributed by atoms with van der Waals surface area (Å²) in [5.41, 5.74) is -0.559. The van der Waals surface area contributed by atoms with Crippen LogP contribution in [0.25, 0.3) is 11.1 Å². The minimum Gasteiger partial charge on any atom is -0.423 e. The zero-order chi connectivity index (χ0) is 18.1. The van der Waals surface area contributed by atoms with Gasteiger partial charge in [0.05, 0.1) is 11.8 Å². The highest BCUT2D eigenvalue weighted by Crippen LogP contribution is 2.32. The van der Waals surface area contributed by atoms with Crippen molar-refractivity contribution in [3.63, 3.8) is 0 Å². The molecule has 10 heteroatoms. The van der Waals surface area contributed by atoms with Gasteiger partial charge in [0.25, 0.3) is 0 Å². The first kappa shape index (κ1) is 18.3. The van der Waals surface area contributed by atoms with Crippen LogP contribution in [0.4, 0.5) is 18.9 Å². The molecule has 0 unspecified atom stereocenters. The SMILES string of the molecule is CS(=O)(=O)Nc1ccc(-c2cc(B(O)O)cc(C(F)(F)F)c2)cc1. The van der Waals surface area contributed by atoms with Gasteiger partial charge >= 0.3 is 13.3 Å². The number of hydrogen-bond donors (Lipinski definition) is 3. The maximum absolute atomic E-state index is 12.9. The summed E-state index contributed by atoms with van der Waals surface area (Å²) in [5.74, 6) is 0. The molecular weight excluding hydrogens is 346 g/mol. The third kappa shape index (κ3) is 4.73. The van der Waals surface area contributed by atoms with Gasteiger partial charge in [-0.25, -0.2) is 8.42 Å². The maximum Gasteiger partial charge on any atom is 0.488 e. The van der Waals surface area contributed by atoms with Gasteiger partial charge in [0.1, 0.15) is 0 Å². The monoisotopic (exact) mass is 359 g/mol. The van der Waals surface area contributed by atoms with Gasteiger partial charge in [0, 0.05) is 5.69 Å². The minimum atomic E-state index is -4.64. The fourth-order valence-electron chi connectivity index (χ4n) is 2.08. The molecule has 0 atom stereocenters. The molecule has 0 aliphatic heterocycles. The van der Waals surface area contributed by atoms with E-state index < -0.39 is 28.9 Å². The third-order valence-corrected chi connectivity index (χ3v) is 3.71. The number of rotatable bonds is 4. The van der Waals surface area contributed by atoms with Crippen molar-refractivity contribution in [2.45, 2.75) is 6.18 Å². The van der Waals surface area contributed by atoms with E-state index in [1.54, 1.807) is 0 Å². The average molecular weight is 359 g/mol. The Labute approximate surface area is 137 Å². The Hall–Kier alpha value is -2.04. The molecule has 0 saturated heterocycles. The lowest BCUT2D eigenvalue weighted by atomic mass is 9.78. The Morgan fingerprint density at radius 3 is 2.04 bits per heavy atom. The number of sulfonamides is 1. The molecule has 0 bridgehead atoms. The minimum absolute atomic E-state index is 0.124. The summed E-state index contributed by atoms with van der Waals surface area (Å²) >= 11 is 0. The second-order valence-electron chi connectivity index (χ2n) is 5.17. The zero-order valence-electron chi connectivity index (χ0n) is 12.4. The first-order valence-corrected chi connectivity index (χ1v) is 8.51. The summed E-state index contributed by atoms with van der Waals surface area (Å²) in [6.45, 7) is 0. The second-order valence-corrected chi connectivity index (χ2v) is 6.92. The maximum atomic E-state index is 12.9. The first-order chi connectivity index (χ1) is 11.0. The van der Waals surface area contributed by atoms with Gasteiger partial charge in [-0.1, -0.05) is 24.3 Å². The molecule has 128 valence electrons. The van der Waals surface area contributed by atoms with Gasteiger partial charge in [0.2, 0.25) is 10.0 Å². The van der Waals surface area contributed by atoms with E-state index in [4.69, 9.17) is 10.0 Å². The van der Waals surface area contributed by atoms with Crippen molar-refractivity contribution in [1.29, 1.82) is 0 Å². The van der Waals surface area contributed by atoms with Crippen LogP contribution in [0.5, 0.6) is 0 Å². The number of alkyl halides is 3. The Balaban J connectivity index is 2.46. The number of hydrogen-bond acceptors (Lipinski definition) is 4. The number of nitrogens with one attached hydrogen (secondary N) is 1. The summed E-state index contributed by atoms with van der Waals surface area (Å²) in [7, 11) is -5.51. The van der Waals surface area contributed by atoms with Gasteiger partial charge in [0.15, 0.2) is 0 Å². The summed E-state index contributed by atoms with van der Waals surface area (Å²) < 4.78 is 63.3. The van der Waals surface area contributed by atoms with Crippen LogP contribution in [-0.2, 0) is 16.2 Å². The highest BCUT2D eigenvalue weighted by atomic mass is 32.2. The van der Waals surface area contributed by atoms with Gasteiger partial charge in [-0.15, -0.1) is 0 Å². The Bertz CT molecular complexity index is 836. The van der Waals surface area contributed by atoms with E-state index in [9.17, 15) is 21.6 Å². The van der Waals surface area contributed by atoms with Crippen LogP contribution in [0.2, 0.25) is 0 Å². The van der Waals surface area contributed by atoms with Crippen LogP contribution in [0, 0.1) is 0 Å². The molecule has 2 rings (SSSR count). The lowest BCUT2D eigenvalue weighted by Gasteiger charge is -2.13. The highest BCUT2D eigenvalue weighted by molar-refractivity contribution is 7.92. The van der Waals surface area contributed by atoms with Crippen molar-refractivity contribution in [1.82, 2.24) is 0 Å². The molecule has 2 aromatic carbocycles. The average Bonchev–Trinajstić information content (AvgIpc) is 2.45. The van der Waals surface area contributed by atoms with Crippen LogP contribution >= 0.6 is 0 Å². The molecule has 0 aliphatic rings. The summed E-state index contributed by atoms with van der Waals surface area (Å²) in [6, 6.07) is 8.40. The van der Waals surface area contributed by atoms with E-state index in [2.05, 4.69) is 4.72 Å². The van der Waals surface area contributed by atoms with E-state index in [1.165, 1.54) is 30.3 Å². The molecule has 5 nitrogen and oxygen atoms in total. The van der Waals surface area contributed by atoms with Gasteiger partial charge in [-0.2, -0.15) is 13.2 Å². The predicted octanol–water partition coefficient (Wildman–Crippen LogP) is 1.42. The molecular formula is C14H13BF3NO4S. The number of anilines is 1. The predicted molar refractivity (Wildman–Crippen MR) is 85.2 cm³/mol. The lowest BCUT2D eigenvalue weighted by Crippen LogP contribution is -2.31. The van der Waals surface area contributed by atoms with Gasteiger partial charge in [-0.3, -0.25) is 4.72 Å². The molecule has 2 aromatic rings. The van der Waals surface area contributed by atoms with Gasteiger partial charge < -0.3 is 10.0 Å². The molecule has 0 amide bonds.